The third-order valence-electron chi connectivity index (χ3n) is 3.12. The maximum absolute atomic E-state index is 12.2. The molecule has 0 bridgehead atoms. The smallest absolute Gasteiger partial charge is 0.255 e. The summed E-state index contributed by atoms with van der Waals surface area (Å²) >= 11 is 0. The molecule has 0 atom stereocenters. The summed E-state index contributed by atoms with van der Waals surface area (Å²) in [6.45, 7) is 3.80. The minimum Gasteiger partial charge on any atom is -0.392 e. The van der Waals surface area contributed by atoms with E-state index in [-0.39, 0.29) is 12.5 Å². The van der Waals surface area contributed by atoms with Crippen molar-refractivity contribution < 1.29 is 9.90 Å². The van der Waals surface area contributed by atoms with E-state index in [9.17, 15) is 4.79 Å². The van der Waals surface area contributed by atoms with Gasteiger partial charge in [0.1, 0.15) is 0 Å². The zero-order chi connectivity index (χ0) is 13.8. The number of carbonyl (C=O) groups excluding carboxylic acids is 1. The Bertz CT molecular complexity index is 605. The van der Waals surface area contributed by atoms with E-state index in [1.165, 1.54) is 0 Å². The van der Waals surface area contributed by atoms with Crippen LogP contribution < -0.4 is 5.32 Å². The Labute approximate surface area is 112 Å². The minimum atomic E-state index is -0.128. The fourth-order valence-corrected chi connectivity index (χ4v) is 1.92. The van der Waals surface area contributed by atoms with Gasteiger partial charge in [-0.15, -0.1) is 0 Å². The minimum absolute atomic E-state index is 0.0342. The Morgan fingerprint density at radius 1 is 1.11 bits per heavy atom. The lowest BCUT2D eigenvalue weighted by Crippen LogP contribution is -2.14. The van der Waals surface area contributed by atoms with Crippen molar-refractivity contribution in [3.63, 3.8) is 0 Å². The van der Waals surface area contributed by atoms with Crippen LogP contribution in [0, 0.1) is 13.8 Å². The fourth-order valence-electron chi connectivity index (χ4n) is 1.92. The van der Waals surface area contributed by atoms with Crippen LogP contribution in [0.1, 0.15) is 27.0 Å². The topological polar surface area (TPSA) is 49.3 Å². The number of hydrogen-bond donors (Lipinski definition) is 2. The van der Waals surface area contributed by atoms with Crippen LogP contribution in [0.5, 0.6) is 0 Å². The van der Waals surface area contributed by atoms with Crippen molar-refractivity contribution in [2.45, 2.75) is 20.5 Å². The summed E-state index contributed by atoms with van der Waals surface area (Å²) in [5, 5.41) is 12.0. The van der Waals surface area contributed by atoms with Gasteiger partial charge in [-0.25, -0.2) is 0 Å². The molecule has 0 spiro atoms. The highest BCUT2D eigenvalue weighted by molar-refractivity contribution is 6.05. The summed E-state index contributed by atoms with van der Waals surface area (Å²) in [5.41, 5.74) is 4.09. The van der Waals surface area contributed by atoms with Gasteiger partial charge >= 0.3 is 0 Å². The molecule has 98 valence electrons. The summed E-state index contributed by atoms with van der Waals surface area (Å²) in [7, 11) is 0. The highest BCUT2D eigenvalue weighted by atomic mass is 16.3. The van der Waals surface area contributed by atoms with E-state index in [2.05, 4.69) is 5.32 Å². The van der Waals surface area contributed by atoms with Gasteiger partial charge in [0, 0.05) is 11.3 Å². The second kappa shape index (κ2) is 5.67. The summed E-state index contributed by atoms with van der Waals surface area (Å²) < 4.78 is 0. The van der Waals surface area contributed by atoms with E-state index >= 15 is 0 Å². The lowest BCUT2D eigenvalue weighted by molar-refractivity contribution is 0.102. The molecule has 3 nitrogen and oxygen atoms in total. The van der Waals surface area contributed by atoms with Gasteiger partial charge in [0.15, 0.2) is 0 Å². The van der Waals surface area contributed by atoms with E-state index in [0.29, 0.717) is 5.56 Å². The molecule has 2 aromatic rings. The number of anilines is 1. The highest BCUT2D eigenvalue weighted by Crippen LogP contribution is 2.18. The molecule has 0 aliphatic heterocycles. The molecule has 0 radical (unpaired) electrons. The van der Waals surface area contributed by atoms with E-state index in [1.54, 1.807) is 12.1 Å². The van der Waals surface area contributed by atoms with Crippen LogP contribution in [0.4, 0.5) is 5.69 Å². The molecule has 0 saturated heterocycles. The third-order valence-corrected chi connectivity index (χ3v) is 3.12. The van der Waals surface area contributed by atoms with Gasteiger partial charge in [0.2, 0.25) is 0 Å². The molecular weight excluding hydrogens is 238 g/mol. The second-order valence-corrected chi connectivity index (χ2v) is 4.58. The van der Waals surface area contributed by atoms with Crippen molar-refractivity contribution >= 4 is 11.6 Å². The molecule has 3 heteroatoms. The Hall–Kier alpha value is -2.13. The zero-order valence-electron chi connectivity index (χ0n) is 11.1. The standard InChI is InChI=1S/C16H17NO2/c1-11-5-3-4-6-14(11)16(19)17-15-9-13(10-18)8-7-12(15)2/h3-9,18H,10H2,1-2H3,(H,17,19). The first-order chi connectivity index (χ1) is 9.11. The third kappa shape index (κ3) is 3.01. The summed E-state index contributed by atoms with van der Waals surface area (Å²) in [5.74, 6) is -0.128. The first-order valence-electron chi connectivity index (χ1n) is 6.19. The Balaban J connectivity index is 2.26. The van der Waals surface area contributed by atoms with Crippen LogP contribution in [0.25, 0.3) is 0 Å². The average molecular weight is 255 g/mol. The number of carbonyl (C=O) groups is 1. The lowest BCUT2D eigenvalue weighted by Gasteiger charge is -2.11. The Morgan fingerprint density at radius 2 is 1.84 bits per heavy atom. The Kier molecular flexibility index (Phi) is 3.97. The van der Waals surface area contributed by atoms with Crippen LogP contribution in [-0.4, -0.2) is 11.0 Å². The molecule has 0 aliphatic carbocycles. The van der Waals surface area contributed by atoms with Crippen LogP contribution in [0.3, 0.4) is 0 Å². The molecule has 0 unspecified atom stereocenters. The number of benzene rings is 2. The molecule has 19 heavy (non-hydrogen) atoms. The van der Waals surface area contributed by atoms with Crippen LogP contribution in [-0.2, 0) is 6.61 Å². The van der Waals surface area contributed by atoms with E-state index < -0.39 is 0 Å². The van der Waals surface area contributed by atoms with E-state index in [1.807, 2.05) is 44.2 Å². The van der Waals surface area contributed by atoms with Crippen molar-refractivity contribution in [2.75, 3.05) is 5.32 Å². The first kappa shape index (κ1) is 13.3. The molecule has 0 fully saturated rings. The van der Waals surface area contributed by atoms with Gasteiger partial charge < -0.3 is 10.4 Å². The molecule has 2 N–H and O–H groups in total. The zero-order valence-corrected chi connectivity index (χ0v) is 11.1. The lowest BCUT2D eigenvalue weighted by atomic mass is 10.1. The number of hydrogen-bond acceptors (Lipinski definition) is 2. The molecule has 0 saturated carbocycles. The molecular formula is C16H17NO2. The number of rotatable bonds is 3. The maximum atomic E-state index is 12.2. The SMILES string of the molecule is Cc1ccc(CO)cc1NC(=O)c1ccccc1C. The van der Waals surface area contributed by atoms with Gasteiger partial charge in [0.25, 0.3) is 5.91 Å². The summed E-state index contributed by atoms with van der Waals surface area (Å²) in [4.78, 5) is 12.2. The predicted molar refractivity (Wildman–Crippen MR) is 76.2 cm³/mol. The van der Waals surface area contributed by atoms with Crippen molar-refractivity contribution in [3.8, 4) is 0 Å². The van der Waals surface area contributed by atoms with Crippen LogP contribution >= 0.6 is 0 Å². The number of aryl methyl sites for hydroxylation is 2. The second-order valence-electron chi connectivity index (χ2n) is 4.58. The summed E-state index contributed by atoms with van der Waals surface area (Å²) in [6, 6.07) is 13.0. The molecule has 0 aliphatic rings. The van der Waals surface area contributed by atoms with Crippen molar-refractivity contribution in [1.29, 1.82) is 0 Å². The summed E-state index contributed by atoms with van der Waals surface area (Å²) in [6.07, 6.45) is 0. The molecule has 2 rings (SSSR count). The number of aliphatic hydroxyl groups excluding tert-OH is 1. The van der Waals surface area contributed by atoms with Gasteiger partial charge in [-0.3, -0.25) is 4.79 Å². The molecule has 0 heterocycles. The van der Waals surface area contributed by atoms with Crippen LogP contribution in [0.2, 0.25) is 0 Å². The van der Waals surface area contributed by atoms with Gasteiger partial charge in [-0.05, 0) is 42.7 Å². The largest absolute Gasteiger partial charge is 0.392 e. The number of amides is 1. The molecule has 2 aromatic carbocycles. The molecule has 1 amide bonds. The number of aliphatic hydroxyl groups is 1. The average Bonchev–Trinajstić information content (AvgIpc) is 2.41. The van der Waals surface area contributed by atoms with Gasteiger partial charge in [0.05, 0.1) is 6.61 Å². The van der Waals surface area contributed by atoms with Gasteiger partial charge in [-0.1, -0.05) is 30.3 Å². The predicted octanol–water partition coefficient (Wildman–Crippen LogP) is 3.05. The van der Waals surface area contributed by atoms with E-state index in [4.69, 9.17) is 5.11 Å². The first-order valence-corrected chi connectivity index (χ1v) is 6.19. The highest BCUT2D eigenvalue weighted by Gasteiger charge is 2.10. The van der Waals surface area contributed by atoms with Crippen molar-refractivity contribution in [3.05, 3.63) is 64.7 Å². The maximum Gasteiger partial charge on any atom is 0.255 e. The molecule has 0 aromatic heterocycles. The van der Waals surface area contributed by atoms with Crippen LogP contribution in [0.15, 0.2) is 42.5 Å². The normalized spacial score (nSPS) is 10.3. The fraction of sp³-hybridized carbons (Fsp3) is 0.188. The van der Waals surface area contributed by atoms with Crippen molar-refractivity contribution in [2.24, 2.45) is 0 Å². The quantitative estimate of drug-likeness (QED) is 0.885. The van der Waals surface area contributed by atoms with Crippen molar-refractivity contribution in [1.82, 2.24) is 0 Å². The number of nitrogens with one attached hydrogen (secondary N) is 1. The monoisotopic (exact) mass is 255 g/mol. The van der Waals surface area contributed by atoms with Gasteiger partial charge in [-0.2, -0.15) is 0 Å². The Morgan fingerprint density at radius 3 is 2.53 bits per heavy atom. The van der Waals surface area contributed by atoms with E-state index in [0.717, 1.165) is 22.4 Å².